The first-order chi connectivity index (χ1) is 63.3. The van der Waals surface area contributed by atoms with Gasteiger partial charge in [0, 0.05) is 82.0 Å². The van der Waals surface area contributed by atoms with Crippen molar-refractivity contribution in [2.75, 3.05) is 26.0 Å². The van der Waals surface area contributed by atoms with Crippen LogP contribution in [0.2, 0.25) is 0 Å². The van der Waals surface area contributed by atoms with Gasteiger partial charge in [0.25, 0.3) is 57.4 Å². The molecule has 0 atom stereocenters. The lowest BCUT2D eigenvalue weighted by Crippen LogP contribution is -2.48. The first-order valence-electron chi connectivity index (χ1n) is 45.4. The topological polar surface area (TPSA) is 319 Å². The van der Waals surface area contributed by atoms with Gasteiger partial charge in [-0.1, -0.05) is 210 Å². The Bertz CT molecular complexity index is 6100. The fourth-order valence-electron chi connectivity index (χ4n) is 11.6. The first-order valence-corrected chi connectivity index (χ1v) is 51.3. The quantitative estimate of drug-likeness (QED) is 0.0295. The van der Waals surface area contributed by atoms with Crippen LogP contribution in [0.15, 0.2) is 251 Å². The molecular weight excluding hydrogens is 1750 g/mol. The molecule has 4 aromatic heterocycles. The third kappa shape index (κ3) is 35.9. The number of carbonyl (C=O) groups is 4. The summed E-state index contributed by atoms with van der Waals surface area (Å²) >= 11 is 0. The Labute approximate surface area is 797 Å². The van der Waals surface area contributed by atoms with E-state index in [0.29, 0.717) is 43.9 Å². The van der Waals surface area contributed by atoms with Gasteiger partial charge < -0.3 is 5.21 Å². The maximum absolute atomic E-state index is 13.4. The highest BCUT2D eigenvalue weighted by Gasteiger charge is 2.31. The summed E-state index contributed by atoms with van der Waals surface area (Å²) in [6.45, 7) is 65.8. The van der Waals surface area contributed by atoms with Gasteiger partial charge in [0.1, 0.15) is 7.11 Å². The molecule has 4 N–H and O–H groups in total. The number of ketones is 4. The molecule has 722 valence electrons. The molecule has 0 spiro atoms. The third-order valence-electron chi connectivity index (χ3n) is 18.6. The highest BCUT2D eigenvalue weighted by atomic mass is 32.2. The number of benzene rings is 8. The Hall–Kier alpha value is -12.4. The van der Waals surface area contributed by atoms with Crippen molar-refractivity contribution in [1.29, 1.82) is 0 Å². The standard InChI is InChI=1S/C23H24N2O4S.C22H22N2O4S.C22H22N2O3S.C20H18N2O3S.10C2H6/c1-15-9-11-19(12-10-15)30(27,28)24-21-14-17(3)16(2)13-20(21)23(26)22-8-6-7-18(4)25(22)29-5;1-14-7-9-18(10-8-14)29(27,28)23-20-13-17(4)16(3)12-19(20)22(25)21-15(2)6-5-11-24(21)26;1-14-7-9-18(10-8-14)28(26,27)24-21-13-16(3)15(2)12-20(21)22(25)19-6-5-11-23-17(19)4;1-14-11-18(20(23)16-7-6-10-21-13-16)19(12-15(14)2)22-26(24,25)17-8-4-3-5-9-17;10*1-2/h6-14H,1-5H3;5-13,23H,1-4H3;5-13,24H,1-4H3;3-13,22H,1-2H3;10*1-2H3/p+1. The number of sulfonamides is 4. The molecule has 12 rings (SSSR count). The van der Waals surface area contributed by atoms with E-state index in [1.165, 1.54) is 48.5 Å². The smallest absolute Gasteiger partial charge is 0.305 e. The van der Waals surface area contributed by atoms with Crippen molar-refractivity contribution >= 4 is 86.0 Å². The van der Waals surface area contributed by atoms with E-state index >= 15 is 0 Å². The van der Waals surface area contributed by atoms with Crippen molar-refractivity contribution in [3.05, 3.63) is 359 Å². The molecule has 8 aromatic carbocycles. The summed E-state index contributed by atoms with van der Waals surface area (Å²) in [4.78, 5) is 66.6. The number of hydrogen-bond donors (Lipinski definition) is 4. The SMILES string of the molecule is CC.CC.CC.CC.CC.CC.CC.CC.CC.CC.CO[n+]1c(C)cccc1C(=O)c1cc(C)c(C)cc1NS(=O)(=O)c1ccc(C)cc1.Cc1cc(NS(=O)(=O)c2ccccc2)c(C(=O)c2cccnc2)cc1C.Cc1ccc(S(=O)(=O)Nc2cc(C)c(C)cc2C(=O)c2c(C)ccc[n+]2[O-])cc1.Cc1ccc(S(=O)(=O)Nc2cc(C)c(C)cc2C(=O)c2cccnc2C)cc1. The minimum atomic E-state index is -3.91. The molecule has 0 aliphatic heterocycles. The molecule has 0 saturated heterocycles. The van der Waals surface area contributed by atoms with E-state index in [1.54, 1.807) is 202 Å². The average molecular weight is 1900 g/mol. The summed E-state index contributed by atoms with van der Waals surface area (Å²) in [5, 5.41) is 12.2. The maximum Gasteiger partial charge on any atom is 0.305 e. The zero-order valence-corrected chi connectivity index (χ0v) is 88.3. The van der Waals surface area contributed by atoms with Crippen LogP contribution in [0.4, 0.5) is 22.7 Å². The second kappa shape index (κ2) is 62.1. The van der Waals surface area contributed by atoms with Crippen LogP contribution in [0.5, 0.6) is 0 Å². The highest BCUT2D eigenvalue weighted by Crippen LogP contribution is 2.32. The molecule has 0 saturated carbocycles. The van der Waals surface area contributed by atoms with Crippen molar-refractivity contribution in [3.63, 3.8) is 0 Å². The largest absolute Gasteiger partial charge is 0.618 e. The number of rotatable bonds is 21. The lowest BCUT2D eigenvalue weighted by atomic mass is 9.97. The molecule has 0 aliphatic carbocycles. The molecular formula is C107H147N8O14S4+. The minimum absolute atomic E-state index is 0.0356. The summed E-state index contributed by atoms with van der Waals surface area (Å²) in [7, 11) is -13.9. The number of nitrogens with one attached hydrogen (secondary N) is 4. The van der Waals surface area contributed by atoms with Crippen molar-refractivity contribution < 1.29 is 67.1 Å². The van der Waals surface area contributed by atoms with Crippen LogP contribution < -0.4 is 33.2 Å². The van der Waals surface area contributed by atoms with Gasteiger partial charge >= 0.3 is 5.69 Å². The van der Waals surface area contributed by atoms with Gasteiger partial charge in [-0.25, -0.2) is 33.7 Å². The van der Waals surface area contributed by atoms with Crippen molar-refractivity contribution in [1.82, 2.24) is 9.97 Å². The molecule has 26 heteroatoms. The van der Waals surface area contributed by atoms with Gasteiger partial charge in [0.15, 0.2) is 17.8 Å². The lowest BCUT2D eigenvalue weighted by Gasteiger charge is -2.15. The van der Waals surface area contributed by atoms with Crippen LogP contribution in [0.3, 0.4) is 0 Å². The zero-order chi connectivity index (χ0) is 103. The Kier molecular flexibility index (Phi) is 57.3. The maximum atomic E-state index is 13.4. The molecule has 4 heterocycles. The van der Waals surface area contributed by atoms with Gasteiger partial charge in [0.2, 0.25) is 5.69 Å². The fraction of sp³-hybridized carbons (Fsp3) is 0.327. The van der Waals surface area contributed by atoms with Gasteiger partial charge in [-0.2, -0.15) is 4.73 Å². The van der Waals surface area contributed by atoms with E-state index in [9.17, 15) is 58.1 Å². The predicted octanol–water partition coefficient (Wildman–Crippen LogP) is 25.2. The van der Waals surface area contributed by atoms with E-state index < -0.39 is 45.9 Å². The number of carbonyl (C=O) groups excluding carboxylic acids is 4. The molecule has 0 unspecified atom stereocenters. The predicted molar refractivity (Wildman–Crippen MR) is 551 cm³/mol. The summed E-state index contributed by atoms with van der Waals surface area (Å²) in [5.41, 5.74) is 14.7. The van der Waals surface area contributed by atoms with E-state index in [1.807, 2.05) is 228 Å². The molecule has 22 nitrogen and oxygen atoms in total. The van der Waals surface area contributed by atoms with Crippen LogP contribution in [-0.2, 0) is 40.1 Å². The molecule has 133 heavy (non-hydrogen) atoms. The van der Waals surface area contributed by atoms with Gasteiger partial charge in [0.05, 0.1) is 53.5 Å². The molecule has 0 aliphatic rings. The second-order valence-corrected chi connectivity index (χ2v) is 33.9. The highest BCUT2D eigenvalue weighted by molar-refractivity contribution is 7.93. The van der Waals surface area contributed by atoms with Gasteiger partial charge in [-0.3, -0.25) is 52.9 Å². The van der Waals surface area contributed by atoms with Crippen LogP contribution in [0.25, 0.3) is 0 Å². The minimum Gasteiger partial charge on any atom is -0.618 e. The lowest BCUT2D eigenvalue weighted by molar-refractivity contribution is -0.890. The molecule has 0 amide bonds. The molecule has 0 radical (unpaired) electrons. The van der Waals surface area contributed by atoms with Crippen LogP contribution in [-0.4, -0.2) is 73.9 Å². The monoisotopic (exact) mass is 1900 g/mol. The van der Waals surface area contributed by atoms with E-state index in [-0.39, 0.29) is 76.5 Å². The molecule has 12 aromatic rings. The number of aryl methyl sites for hydroxylation is 14. The first kappa shape index (κ1) is 123. The van der Waals surface area contributed by atoms with Crippen molar-refractivity contribution in [3.8, 4) is 0 Å². The number of aromatic nitrogens is 4. The zero-order valence-electron chi connectivity index (χ0n) is 85.1. The Balaban J connectivity index is 0. The normalized spacial score (nSPS) is 10.0. The summed E-state index contributed by atoms with van der Waals surface area (Å²) in [6, 6.07) is 56.1. The summed E-state index contributed by atoms with van der Waals surface area (Å²) in [5.74, 6) is -1.43. The van der Waals surface area contributed by atoms with Gasteiger partial charge in [-0.05, 0) is 268 Å². The number of nitrogens with zero attached hydrogens (tertiary/aromatic N) is 4. The molecule has 0 bridgehead atoms. The number of hydrogen-bond acceptors (Lipinski definition) is 16. The summed E-state index contributed by atoms with van der Waals surface area (Å²) < 4.78 is 115. The Morgan fingerprint density at radius 3 is 0.947 bits per heavy atom. The van der Waals surface area contributed by atoms with E-state index in [4.69, 9.17) is 4.84 Å². The van der Waals surface area contributed by atoms with Crippen molar-refractivity contribution in [2.24, 2.45) is 0 Å². The van der Waals surface area contributed by atoms with E-state index in [2.05, 4.69) is 28.9 Å². The van der Waals surface area contributed by atoms with Crippen LogP contribution >= 0.6 is 0 Å². The molecule has 0 fully saturated rings. The number of anilines is 4. The third-order valence-corrected chi connectivity index (χ3v) is 24.2. The van der Waals surface area contributed by atoms with E-state index in [0.717, 1.165) is 66.9 Å². The Morgan fingerprint density at radius 1 is 0.308 bits per heavy atom. The number of pyridine rings is 4. The Morgan fingerprint density at radius 2 is 0.624 bits per heavy atom. The second-order valence-electron chi connectivity index (χ2n) is 27.2. The summed E-state index contributed by atoms with van der Waals surface area (Å²) in [6.07, 6.45) is 5.91. The van der Waals surface area contributed by atoms with Gasteiger partial charge in [-0.15, -0.1) is 0 Å². The average Bonchev–Trinajstić information content (AvgIpc) is 0.805. The van der Waals surface area contributed by atoms with Crippen molar-refractivity contribution in [2.45, 2.75) is 255 Å². The van der Waals surface area contributed by atoms with Crippen LogP contribution in [0.1, 0.15) is 281 Å². The van der Waals surface area contributed by atoms with Crippen LogP contribution in [0, 0.1) is 102 Å². The fourth-order valence-corrected chi connectivity index (χ4v) is 15.9.